The molecule has 0 aliphatic heterocycles. The normalized spacial score (nSPS) is 11.9. The summed E-state index contributed by atoms with van der Waals surface area (Å²) in [5.41, 5.74) is 1.72. The van der Waals surface area contributed by atoms with Gasteiger partial charge in [0.15, 0.2) is 5.78 Å². The van der Waals surface area contributed by atoms with E-state index in [4.69, 9.17) is 4.74 Å². The van der Waals surface area contributed by atoms with Crippen LogP contribution in [0.25, 0.3) is 0 Å². The molecule has 0 radical (unpaired) electrons. The summed E-state index contributed by atoms with van der Waals surface area (Å²) in [6.07, 6.45) is 10.9. The second-order valence-electron chi connectivity index (χ2n) is 9.45. The fraction of sp³-hybridized carbons (Fsp3) is 0.690. The van der Waals surface area contributed by atoms with Crippen LogP contribution in [0.5, 0.6) is 5.75 Å². The van der Waals surface area contributed by atoms with E-state index in [1.807, 2.05) is 24.3 Å². The maximum absolute atomic E-state index is 12.8. The van der Waals surface area contributed by atoms with Gasteiger partial charge >= 0.3 is 0 Å². The van der Waals surface area contributed by atoms with Crippen molar-refractivity contribution in [1.82, 2.24) is 15.5 Å². The summed E-state index contributed by atoms with van der Waals surface area (Å²) in [5.74, 6) is 0.878. The quantitative estimate of drug-likeness (QED) is 0.126. The van der Waals surface area contributed by atoms with Crippen LogP contribution in [0.2, 0.25) is 0 Å². The Balaban J connectivity index is 2.52. The summed E-state index contributed by atoms with van der Waals surface area (Å²) in [6, 6.07) is 8.05. The number of hydrogen-bond donors (Lipinski definition) is 2. The van der Waals surface area contributed by atoms with E-state index in [0.29, 0.717) is 18.2 Å². The van der Waals surface area contributed by atoms with Crippen LogP contribution in [-0.4, -0.2) is 56.1 Å². The first-order chi connectivity index (χ1) is 16.5. The molecule has 0 aliphatic rings. The Hall–Kier alpha value is -1.85. The fourth-order valence-corrected chi connectivity index (χ4v) is 3.70. The number of hydrogen-bond acceptors (Lipinski definition) is 5. The van der Waals surface area contributed by atoms with Gasteiger partial charge in [-0.3, -0.25) is 4.79 Å². The van der Waals surface area contributed by atoms with Crippen molar-refractivity contribution in [3.63, 3.8) is 0 Å². The van der Waals surface area contributed by atoms with Crippen molar-refractivity contribution in [3.05, 3.63) is 41.6 Å². The molecule has 0 atom stereocenters. The van der Waals surface area contributed by atoms with Crippen molar-refractivity contribution in [2.45, 2.75) is 92.0 Å². The minimum Gasteiger partial charge on any atom is -0.494 e. The highest BCUT2D eigenvalue weighted by atomic mass is 16.5. The molecule has 2 N–H and O–H groups in total. The molecule has 1 aromatic carbocycles. The molecule has 0 unspecified atom stereocenters. The van der Waals surface area contributed by atoms with Gasteiger partial charge in [0.25, 0.3) is 0 Å². The lowest BCUT2D eigenvalue weighted by Crippen LogP contribution is -2.31. The Morgan fingerprint density at radius 2 is 1.53 bits per heavy atom. The zero-order valence-corrected chi connectivity index (χ0v) is 22.6. The van der Waals surface area contributed by atoms with Gasteiger partial charge in [0.2, 0.25) is 0 Å². The lowest BCUT2D eigenvalue weighted by atomic mass is 10.1. The lowest BCUT2D eigenvalue weighted by Gasteiger charge is -2.21. The Morgan fingerprint density at radius 3 is 2.12 bits per heavy atom. The fourth-order valence-electron chi connectivity index (χ4n) is 3.70. The maximum atomic E-state index is 12.8. The first-order valence-electron chi connectivity index (χ1n) is 13.7. The number of rotatable bonds is 21. The Kier molecular flexibility index (Phi) is 17.3. The van der Waals surface area contributed by atoms with Gasteiger partial charge < -0.3 is 20.3 Å². The third-order valence-corrected chi connectivity index (χ3v) is 5.82. The average molecular weight is 474 g/mol. The molecule has 34 heavy (non-hydrogen) atoms. The molecule has 194 valence electrons. The molecule has 0 aliphatic carbocycles. The molecule has 0 spiro atoms. The number of allylic oxidation sites excluding steroid dienone is 2. The van der Waals surface area contributed by atoms with Crippen LogP contribution in [0.4, 0.5) is 0 Å². The topological polar surface area (TPSA) is 53.6 Å². The molecule has 0 aromatic heterocycles. The van der Waals surface area contributed by atoms with Gasteiger partial charge in [-0.25, -0.2) is 0 Å². The monoisotopic (exact) mass is 473 g/mol. The van der Waals surface area contributed by atoms with Crippen molar-refractivity contribution < 1.29 is 9.53 Å². The molecule has 0 bridgehead atoms. The van der Waals surface area contributed by atoms with Crippen LogP contribution in [0.3, 0.4) is 0 Å². The predicted octanol–water partition coefficient (Wildman–Crippen LogP) is 6.20. The lowest BCUT2D eigenvalue weighted by molar-refractivity contribution is 0.104. The smallest absolute Gasteiger partial charge is 0.187 e. The van der Waals surface area contributed by atoms with Gasteiger partial charge in [-0.1, -0.05) is 53.9 Å². The molecular weight excluding hydrogens is 422 g/mol. The van der Waals surface area contributed by atoms with Crippen LogP contribution in [0.1, 0.15) is 96.3 Å². The largest absolute Gasteiger partial charge is 0.494 e. The van der Waals surface area contributed by atoms with Crippen molar-refractivity contribution in [2.75, 3.05) is 39.3 Å². The molecule has 5 heteroatoms. The number of carbonyl (C=O) groups is 1. The molecule has 0 amide bonds. The summed E-state index contributed by atoms with van der Waals surface area (Å²) in [5, 5.41) is 6.84. The molecular formula is C29H51N3O2. The van der Waals surface area contributed by atoms with Gasteiger partial charge in [-0.05, 0) is 69.5 Å². The van der Waals surface area contributed by atoms with Crippen LogP contribution < -0.4 is 15.4 Å². The number of nitrogens with zero attached hydrogens (tertiary/aromatic N) is 1. The minimum atomic E-state index is 0.0458. The summed E-state index contributed by atoms with van der Waals surface area (Å²) in [4.78, 5) is 15.4. The van der Waals surface area contributed by atoms with E-state index in [0.717, 1.165) is 56.8 Å². The van der Waals surface area contributed by atoms with Crippen LogP contribution in [0, 0.1) is 0 Å². The Bertz CT molecular complexity index is 662. The van der Waals surface area contributed by atoms with E-state index >= 15 is 0 Å². The Labute approximate surface area is 209 Å². The first-order valence-corrected chi connectivity index (χ1v) is 13.7. The maximum Gasteiger partial charge on any atom is 0.187 e. The second-order valence-corrected chi connectivity index (χ2v) is 9.45. The van der Waals surface area contributed by atoms with Crippen molar-refractivity contribution in [2.24, 2.45) is 0 Å². The van der Waals surface area contributed by atoms with Gasteiger partial charge in [-0.2, -0.15) is 0 Å². The van der Waals surface area contributed by atoms with Gasteiger partial charge in [-0.15, -0.1) is 0 Å². The predicted molar refractivity (Wildman–Crippen MR) is 146 cm³/mol. The number of unbranched alkanes of at least 4 members (excludes halogenated alkanes) is 3. The van der Waals surface area contributed by atoms with Crippen LogP contribution in [-0.2, 0) is 0 Å². The van der Waals surface area contributed by atoms with E-state index in [9.17, 15) is 4.79 Å². The number of nitrogens with one attached hydrogen (secondary N) is 2. The molecule has 0 heterocycles. The number of ether oxygens (including phenoxy) is 1. The van der Waals surface area contributed by atoms with Crippen LogP contribution in [0.15, 0.2) is 36.0 Å². The van der Waals surface area contributed by atoms with E-state index in [1.54, 1.807) is 6.08 Å². The van der Waals surface area contributed by atoms with Gasteiger partial charge in [0, 0.05) is 43.0 Å². The number of ketones is 1. The van der Waals surface area contributed by atoms with Gasteiger partial charge in [0.05, 0.1) is 6.61 Å². The van der Waals surface area contributed by atoms with Gasteiger partial charge in [0.1, 0.15) is 5.75 Å². The van der Waals surface area contributed by atoms with Crippen molar-refractivity contribution >= 4 is 5.78 Å². The second kappa shape index (κ2) is 19.5. The summed E-state index contributed by atoms with van der Waals surface area (Å²) < 4.78 is 5.95. The van der Waals surface area contributed by atoms with E-state index in [1.165, 1.54) is 38.8 Å². The highest BCUT2D eigenvalue weighted by Gasteiger charge is 2.07. The summed E-state index contributed by atoms with van der Waals surface area (Å²) in [6.45, 7) is 16.8. The highest BCUT2D eigenvalue weighted by molar-refractivity contribution is 6.04. The first kappa shape index (κ1) is 30.2. The number of benzene rings is 1. The summed E-state index contributed by atoms with van der Waals surface area (Å²) in [7, 11) is 0. The van der Waals surface area contributed by atoms with E-state index in [2.05, 4.69) is 50.2 Å². The Morgan fingerprint density at radius 1 is 0.912 bits per heavy atom. The molecule has 0 fully saturated rings. The number of carbonyl (C=O) groups excluding carboxylic acids is 1. The molecule has 5 nitrogen and oxygen atoms in total. The van der Waals surface area contributed by atoms with Crippen LogP contribution >= 0.6 is 0 Å². The van der Waals surface area contributed by atoms with E-state index < -0.39 is 0 Å². The standard InChI is InChI=1S/C29H51N3O2/c1-6-9-13-27(31-19-18-30-25(4)5)24-29(33)26-14-16-28(17-15-26)34-23-12-22-32(20-10-7-2)21-11-8-3/h14-17,24-25,30-31H,6-13,18-23H2,1-5H3/b27-24+. The SMILES string of the molecule is CCCC/C(=C\C(=O)c1ccc(OCCCN(CCCC)CCCC)cc1)NCCNC(C)C. The highest BCUT2D eigenvalue weighted by Crippen LogP contribution is 2.15. The third kappa shape index (κ3) is 14.4. The summed E-state index contributed by atoms with van der Waals surface area (Å²) >= 11 is 0. The molecule has 0 saturated heterocycles. The van der Waals surface area contributed by atoms with E-state index in [-0.39, 0.29) is 5.78 Å². The van der Waals surface area contributed by atoms with Crippen molar-refractivity contribution in [1.29, 1.82) is 0 Å². The van der Waals surface area contributed by atoms with Crippen molar-refractivity contribution in [3.8, 4) is 5.75 Å². The third-order valence-electron chi connectivity index (χ3n) is 5.82. The average Bonchev–Trinajstić information content (AvgIpc) is 2.84. The molecule has 1 aromatic rings. The zero-order chi connectivity index (χ0) is 25.0. The minimum absolute atomic E-state index is 0.0458. The zero-order valence-electron chi connectivity index (χ0n) is 22.6. The molecule has 1 rings (SSSR count). The molecule has 0 saturated carbocycles.